The number of benzene rings is 1. The van der Waals surface area contributed by atoms with Crippen molar-refractivity contribution in [3.63, 3.8) is 0 Å². The Morgan fingerprint density at radius 1 is 1.11 bits per heavy atom. The Morgan fingerprint density at radius 3 is 2.89 bits per heavy atom. The molecule has 1 aliphatic rings. The summed E-state index contributed by atoms with van der Waals surface area (Å²) in [6.07, 6.45) is 4.35. The molecule has 0 unspecified atom stereocenters. The summed E-state index contributed by atoms with van der Waals surface area (Å²) in [6.45, 7) is 1.71. The quantitative estimate of drug-likeness (QED) is 0.826. The van der Waals surface area contributed by atoms with Crippen LogP contribution in [-0.4, -0.2) is 21.4 Å². The minimum absolute atomic E-state index is 0.655. The van der Waals surface area contributed by atoms with Gasteiger partial charge in [0.2, 0.25) is 0 Å². The lowest BCUT2D eigenvalue weighted by atomic mass is 10.1. The van der Waals surface area contributed by atoms with Crippen molar-refractivity contribution in [3.05, 3.63) is 42.0 Å². The van der Waals surface area contributed by atoms with Crippen molar-refractivity contribution in [2.24, 2.45) is 0 Å². The fourth-order valence-corrected chi connectivity index (χ4v) is 2.33. The van der Waals surface area contributed by atoms with Crippen LogP contribution in [0, 0.1) is 0 Å². The molecule has 3 rings (SSSR count). The highest BCUT2D eigenvalue weighted by atomic mass is 16.5. The lowest BCUT2D eigenvalue weighted by molar-refractivity contribution is 0.315. The van der Waals surface area contributed by atoms with Crippen LogP contribution in [0.4, 0.5) is 0 Å². The van der Waals surface area contributed by atoms with Crippen LogP contribution in [0.3, 0.4) is 0 Å². The third kappa shape index (κ3) is 2.37. The van der Waals surface area contributed by atoms with Gasteiger partial charge in [-0.05, 0) is 25.0 Å². The first-order valence-electron chi connectivity index (χ1n) is 6.52. The van der Waals surface area contributed by atoms with Gasteiger partial charge >= 0.3 is 0 Å². The molecule has 0 saturated heterocycles. The van der Waals surface area contributed by atoms with E-state index in [-0.39, 0.29) is 0 Å². The van der Waals surface area contributed by atoms with Crippen molar-refractivity contribution in [3.8, 4) is 5.75 Å². The van der Waals surface area contributed by atoms with Gasteiger partial charge in [-0.15, -0.1) is 10.2 Å². The average Bonchev–Trinajstić information content (AvgIpc) is 2.84. The molecule has 0 amide bonds. The van der Waals surface area contributed by atoms with Crippen molar-refractivity contribution in [1.82, 2.24) is 14.8 Å². The summed E-state index contributed by atoms with van der Waals surface area (Å²) < 4.78 is 7.94. The minimum atomic E-state index is 0.655. The molecule has 0 aliphatic carbocycles. The predicted octanol–water partition coefficient (Wildman–Crippen LogP) is 2.24. The zero-order valence-electron chi connectivity index (χ0n) is 10.4. The van der Waals surface area contributed by atoms with Crippen LogP contribution in [0.25, 0.3) is 0 Å². The second-order valence-electron chi connectivity index (χ2n) is 4.55. The monoisotopic (exact) mass is 243 g/mol. The average molecular weight is 243 g/mol. The summed E-state index contributed by atoms with van der Waals surface area (Å²) in [6, 6.07) is 9.89. The fraction of sp³-hybridized carbons (Fsp3) is 0.429. The lowest BCUT2D eigenvalue weighted by Crippen LogP contribution is -2.15. The first kappa shape index (κ1) is 11.3. The first-order valence-corrected chi connectivity index (χ1v) is 6.52. The van der Waals surface area contributed by atoms with E-state index in [0.717, 1.165) is 36.8 Å². The van der Waals surface area contributed by atoms with Crippen molar-refractivity contribution >= 4 is 0 Å². The zero-order chi connectivity index (χ0) is 12.2. The normalized spacial score (nSPS) is 14.2. The summed E-state index contributed by atoms with van der Waals surface area (Å²) >= 11 is 0. The maximum absolute atomic E-state index is 5.69. The summed E-state index contributed by atoms with van der Waals surface area (Å²) in [5, 5.41) is 8.50. The van der Waals surface area contributed by atoms with Gasteiger partial charge in [0, 0.05) is 19.4 Å². The maximum Gasteiger partial charge on any atom is 0.136 e. The molecular weight excluding hydrogens is 226 g/mol. The van der Waals surface area contributed by atoms with E-state index in [0.29, 0.717) is 6.61 Å². The molecule has 0 bridgehead atoms. The fourth-order valence-electron chi connectivity index (χ4n) is 2.33. The summed E-state index contributed by atoms with van der Waals surface area (Å²) in [7, 11) is 0. The van der Waals surface area contributed by atoms with Gasteiger partial charge in [0.25, 0.3) is 0 Å². The number of nitrogens with zero attached hydrogens (tertiary/aromatic N) is 3. The van der Waals surface area contributed by atoms with E-state index in [9.17, 15) is 0 Å². The van der Waals surface area contributed by atoms with E-state index < -0.39 is 0 Å². The van der Waals surface area contributed by atoms with Crippen molar-refractivity contribution < 1.29 is 4.74 Å². The van der Waals surface area contributed by atoms with Gasteiger partial charge in [-0.2, -0.15) is 0 Å². The second kappa shape index (κ2) is 5.21. The second-order valence-corrected chi connectivity index (χ2v) is 4.55. The minimum Gasteiger partial charge on any atom is -0.493 e. The summed E-state index contributed by atoms with van der Waals surface area (Å²) in [5.74, 6) is 3.10. The Kier molecular flexibility index (Phi) is 3.26. The van der Waals surface area contributed by atoms with Gasteiger partial charge in [0.1, 0.15) is 17.4 Å². The molecule has 0 saturated carbocycles. The van der Waals surface area contributed by atoms with Gasteiger partial charge in [0.15, 0.2) is 0 Å². The number of ether oxygens (including phenoxy) is 1. The largest absolute Gasteiger partial charge is 0.493 e. The van der Waals surface area contributed by atoms with Gasteiger partial charge in [0.05, 0.1) is 6.61 Å². The van der Waals surface area contributed by atoms with Crippen molar-refractivity contribution in [2.45, 2.75) is 32.2 Å². The van der Waals surface area contributed by atoms with Crippen LogP contribution in [0.15, 0.2) is 30.3 Å². The number of rotatable bonds is 4. The number of fused-ring (bicyclic) bond motifs is 1. The molecule has 18 heavy (non-hydrogen) atoms. The van der Waals surface area contributed by atoms with E-state index in [1.165, 1.54) is 12.8 Å². The van der Waals surface area contributed by atoms with Gasteiger partial charge in [-0.3, -0.25) is 0 Å². The molecule has 0 N–H and O–H groups in total. The molecule has 94 valence electrons. The first-order chi connectivity index (χ1) is 8.93. The molecule has 0 radical (unpaired) electrons. The highest BCUT2D eigenvalue weighted by Gasteiger charge is 2.15. The van der Waals surface area contributed by atoms with Gasteiger partial charge in [-0.25, -0.2) is 0 Å². The Hall–Kier alpha value is -1.84. The van der Waals surface area contributed by atoms with Crippen LogP contribution >= 0.6 is 0 Å². The van der Waals surface area contributed by atoms with Gasteiger partial charge in [-0.1, -0.05) is 18.2 Å². The van der Waals surface area contributed by atoms with E-state index in [1.54, 1.807) is 0 Å². The Labute approximate surface area is 107 Å². The number of hydrogen-bond donors (Lipinski definition) is 0. The molecule has 1 aromatic heterocycles. The predicted molar refractivity (Wildman–Crippen MR) is 68.6 cm³/mol. The maximum atomic E-state index is 5.69. The van der Waals surface area contributed by atoms with Crippen LogP contribution in [0.5, 0.6) is 5.75 Å². The number of aryl methyl sites for hydroxylation is 1. The van der Waals surface area contributed by atoms with Crippen LogP contribution in [0.2, 0.25) is 0 Å². The summed E-state index contributed by atoms with van der Waals surface area (Å²) in [5.41, 5.74) is 0. The highest BCUT2D eigenvalue weighted by molar-refractivity contribution is 5.20. The van der Waals surface area contributed by atoms with Crippen molar-refractivity contribution in [2.75, 3.05) is 6.61 Å². The Balaban J connectivity index is 1.59. The molecule has 0 fully saturated rings. The third-order valence-electron chi connectivity index (χ3n) is 3.27. The Bertz CT molecular complexity index is 507. The third-order valence-corrected chi connectivity index (χ3v) is 3.27. The Morgan fingerprint density at radius 2 is 2.00 bits per heavy atom. The highest BCUT2D eigenvalue weighted by Crippen LogP contribution is 2.15. The number of hydrogen-bond acceptors (Lipinski definition) is 3. The molecule has 2 heterocycles. The molecule has 1 aromatic carbocycles. The molecule has 4 nitrogen and oxygen atoms in total. The van der Waals surface area contributed by atoms with E-state index in [4.69, 9.17) is 4.74 Å². The number of para-hydroxylation sites is 1. The molecule has 0 spiro atoms. The van der Waals surface area contributed by atoms with E-state index in [2.05, 4.69) is 14.8 Å². The molecule has 2 aromatic rings. The number of aromatic nitrogens is 3. The molecule has 1 aliphatic heterocycles. The SMILES string of the molecule is c1ccc(OCCc2nnc3n2CCCC3)cc1. The van der Waals surface area contributed by atoms with Gasteiger partial charge < -0.3 is 9.30 Å². The van der Waals surface area contributed by atoms with Crippen LogP contribution < -0.4 is 4.74 Å². The van der Waals surface area contributed by atoms with E-state index in [1.807, 2.05) is 30.3 Å². The topological polar surface area (TPSA) is 39.9 Å². The zero-order valence-corrected chi connectivity index (χ0v) is 10.4. The van der Waals surface area contributed by atoms with E-state index >= 15 is 0 Å². The van der Waals surface area contributed by atoms with Crippen LogP contribution in [-0.2, 0) is 19.4 Å². The standard InChI is InChI=1S/C14H17N3O/c1-2-6-12(7-3-1)18-11-9-14-16-15-13-8-4-5-10-17(13)14/h1-3,6-7H,4-5,8-11H2. The molecular formula is C14H17N3O. The smallest absolute Gasteiger partial charge is 0.136 e. The molecule has 4 heteroatoms. The summed E-state index contributed by atoms with van der Waals surface area (Å²) in [4.78, 5) is 0. The van der Waals surface area contributed by atoms with Crippen LogP contribution in [0.1, 0.15) is 24.5 Å². The lowest BCUT2D eigenvalue weighted by Gasteiger charge is -2.14. The van der Waals surface area contributed by atoms with Crippen molar-refractivity contribution in [1.29, 1.82) is 0 Å². The molecule has 0 atom stereocenters.